The Morgan fingerprint density at radius 1 is 1.24 bits per heavy atom. The summed E-state index contributed by atoms with van der Waals surface area (Å²) >= 11 is 1.05. The van der Waals surface area contributed by atoms with Gasteiger partial charge in [0.1, 0.15) is 23.4 Å². The van der Waals surface area contributed by atoms with E-state index in [0.717, 1.165) is 28.6 Å². The average molecular weight is 413 g/mol. The zero-order valence-electron chi connectivity index (χ0n) is 15.6. The van der Waals surface area contributed by atoms with Gasteiger partial charge in [-0.3, -0.25) is 9.59 Å². The Kier molecular flexibility index (Phi) is 6.85. The van der Waals surface area contributed by atoms with Gasteiger partial charge in [-0.2, -0.15) is 5.10 Å². The number of amidine groups is 1. The van der Waals surface area contributed by atoms with Crippen molar-refractivity contribution in [1.29, 1.82) is 0 Å². The molecule has 0 bridgehead atoms. The third-order valence-electron chi connectivity index (χ3n) is 3.89. The van der Waals surface area contributed by atoms with Crippen LogP contribution in [0.4, 0.5) is 0 Å². The lowest BCUT2D eigenvalue weighted by Crippen LogP contribution is -2.26. The molecule has 3 rings (SSSR count). The number of benzene rings is 2. The number of amides is 1. The van der Waals surface area contributed by atoms with Gasteiger partial charge in [0, 0.05) is 0 Å². The van der Waals surface area contributed by atoms with Gasteiger partial charge in [0.2, 0.25) is 5.91 Å². The molecule has 0 saturated carbocycles. The lowest BCUT2D eigenvalue weighted by molar-refractivity contribution is -0.138. The van der Waals surface area contributed by atoms with Crippen LogP contribution in [0.3, 0.4) is 0 Å². The molecule has 0 aromatic heterocycles. The third kappa shape index (κ3) is 6.08. The molecule has 1 heterocycles. The van der Waals surface area contributed by atoms with Gasteiger partial charge in [0.25, 0.3) is 0 Å². The highest BCUT2D eigenvalue weighted by atomic mass is 32.2. The van der Waals surface area contributed by atoms with E-state index in [0.29, 0.717) is 12.4 Å². The normalized spacial score (nSPS) is 17.5. The number of aliphatic carboxylic acids is 1. The van der Waals surface area contributed by atoms with Gasteiger partial charge in [0.15, 0.2) is 5.17 Å². The van der Waals surface area contributed by atoms with E-state index in [2.05, 4.69) is 15.5 Å². The topological polar surface area (TPSA) is 110 Å². The Balaban J connectivity index is 1.58. The predicted octanol–water partition coefficient (Wildman–Crippen LogP) is 2.67. The molecule has 1 saturated heterocycles. The first-order valence-corrected chi connectivity index (χ1v) is 9.57. The molecule has 9 heteroatoms. The maximum atomic E-state index is 11.7. The first kappa shape index (κ1) is 20.4. The largest absolute Gasteiger partial charge is 0.497 e. The van der Waals surface area contributed by atoms with E-state index in [1.54, 1.807) is 7.11 Å². The molecule has 1 aliphatic heterocycles. The summed E-state index contributed by atoms with van der Waals surface area (Å²) in [6.45, 7) is 0.397. The molecular formula is C20H19N3O5S. The van der Waals surface area contributed by atoms with E-state index < -0.39 is 11.2 Å². The molecule has 1 atom stereocenters. The van der Waals surface area contributed by atoms with Gasteiger partial charge in [-0.15, -0.1) is 5.10 Å². The van der Waals surface area contributed by atoms with Crippen LogP contribution in [0.15, 0.2) is 58.7 Å². The number of carbonyl (C=O) groups excluding carboxylic acids is 1. The van der Waals surface area contributed by atoms with Crippen LogP contribution < -0.4 is 14.8 Å². The summed E-state index contributed by atoms with van der Waals surface area (Å²) in [6.07, 6.45) is 1.27. The van der Waals surface area contributed by atoms with Crippen LogP contribution in [0.1, 0.15) is 17.5 Å². The van der Waals surface area contributed by atoms with Gasteiger partial charge < -0.3 is 19.9 Å². The molecule has 1 aliphatic rings. The number of rotatable bonds is 8. The SMILES string of the molecule is COc1cccc(COc2cccc(C=NN=C3NC(=O)C(CC(=O)O)S3)c2)c1. The first-order valence-electron chi connectivity index (χ1n) is 8.69. The van der Waals surface area contributed by atoms with Crippen molar-refractivity contribution in [3.05, 3.63) is 59.7 Å². The van der Waals surface area contributed by atoms with E-state index in [-0.39, 0.29) is 17.5 Å². The predicted molar refractivity (Wildman–Crippen MR) is 111 cm³/mol. The minimum Gasteiger partial charge on any atom is -0.497 e. The van der Waals surface area contributed by atoms with Crippen LogP contribution in [0.25, 0.3) is 0 Å². The van der Waals surface area contributed by atoms with E-state index in [9.17, 15) is 9.59 Å². The Hall–Kier alpha value is -3.33. The highest BCUT2D eigenvalue weighted by molar-refractivity contribution is 8.15. The van der Waals surface area contributed by atoms with E-state index >= 15 is 0 Å². The maximum Gasteiger partial charge on any atom is 0.305 e. The van der Waals surface area contributed by atoms with Crippen LogP contribution in [0.2, 0.25) is 0 Å². The van der Waals surface area contributed by atoms with Crippen molar-refractivity contribution < 1.29 is 24.2 Å². The highest BCUT2D eigenvalue weighted by Crippen LogP contribution is 2.22. The number of methoxy groups -OCH3 is 1. The number of hydrogen-bond acceptors (Lipinski definition) is 7. The summed E-state index contributed by atoms with van der Waals surface area (Å²) < 4.78 is 11.0. The highest BCUT2D eigenvalue weighted by Gasteiger charge is 2.32. The molecule has 29 heavy (non-hydrogen) atoms. The summed E-state index contributed by atoms with van der Waals surface area (Å²) in [6, 6.07) is 15.0. The maximum absolute atomic E-state index is 11.7. The second-order valence-corrected chi connectivity index (χ2v) is 7.25. The average Bonchev–Trinajstić information content (AvgIpc) is 3.05. The van der Waals surface area contributed by atoms with Crippen molar-refractivity contribution in [2.75, 3.05) is 7.11 Å². The van der Waals surface area contributed by atoms with Crippen LogP contribution in [0.5, 0.6) is 11.5 Å². The van der Waals surface area contributed by atoms with Gasteiger partial charge in [-0.25, -0.2) is 0 Å². The molecule has 150 valence electrons. The van der Waals surface area contributed by atoms with Crippen molar-refractivity contribution in [2.24, 2.45) is 10.2 Å². The van der Waals surface area contributed by atoms with Crippen molar-refractivity contribution in [3.63, 3.8) is 0 Å². The van der Waals surface area contributed by atoms with E-state index in [1.807, 2.05) is 48.5 Å². The molecule has 1 amide bonds. The Morgan fingerprint density at radius 3 is 2.83 bits per heavy atom. The minimum absolute atomic E-state index is 0.258. The smallest absolute Gasteiger partial charge is 0.305 e. The number of hydrogen-bond donors (Lipinski definition) is 2. The van der Waals surface area contributed by atoms with Gasteiger partial charge in [-0.05, 0) is 35.4 Å². The van der Waals surface area contributed by atoms with Gasteiger partial charge in [0.05, 0.1) is 19.7 Å². The molecule has 2 aromatic carbocycles. The van der Waals surface area contributed by atoms with Crippen LogP contribution >= 0.6 is 11.8 Å². The fourth-order valence-electron chi connectivity index (χ4n) is 2.51. The molecule has 2 aromatic rings. The Morgan fingerprint density at radius 2 is 2.03 bits per heavy atom. The zero-order chi connectivity index (χ0) is 20.6. The molecule has 8 nitrogen and oxygen atoms in total. The number of ether oxygens (including phenoxy) is 2. The number of thioether (sulfide) groups is 1. The lowest BCUT2D eigenvalue weighted by atomic mass is 10.2. The van der Waals surface area contributed by atoms with E-state index in [1.165, 1.54) is 6.21 Å². The summed E-state index contributed by atoms with van der Waals surface area (Å²) in [5.41, 5.74) is 1.76. The monoisotopic (exact) mass is 413 g/mol. The third-order valence-corrected chi connectivity index (χ3v) is 4.96. The van der Waals surface area contributed by atoms with Crippen molar-refractivity contribution in [2.45, 2.75) is 18.3 Å². The van der Waals surface area contributed by atoms with Crippen LogP contribution in [-0.4, -0.2) is 40.7 Å². The van der Waals surface area contributed by atoms with Crippen molar-refractivity contribution in [3.8, 4) is 11.5 Å². The molecule has 0 spiro atoms. The number of carbonyl (C=O) groups is 2. The molecule has 1 unspecified atom stereocenters. The molecular weight excluding hydrogens is 394 g/mol. The molecule has 0 radical (unpaired) electrons. The number of nitrogens with one attached hydrogen (secondary N) is 1. The quantitative estimate of drug-likeness (QED) is 0.509. The van der Waals surface area contributed by atoms with Gasteiger partial charge in [-0.1, -0.05) is 36.0 Å². The fourth-order valence-corrected chi connectivity index (χ4v) is 3.42. The lowest BCUT2D eigenvalue weighted by Gasteiger charge is -2.08. The summed E-state index contributed by atoms with van der Waals surface area (Å²) in [5, 5.41) is 18.8. The number of nitrogens with zero attached hydrogens (tertiary/aromatic N) is 2. The summed E-state index contributed by atoms with van der Waals surface area (Å²) in [4.78, 5) is 22.4. The zero-order valence-corrected chi connectivity index (χ0v) is 16.4. The standard InChI is InChI=1S/C20H19N3O5S/c1-27-15-6-3-5-14(9-15)12-28-16-7-2-4-13(8-16)11-21-23-20-22-19(26)17(29-20)10-18(24)25/h2-9,11,17H,10,12H2,1H3,(H,24,25)(H,22,23,26). The fraction of sp³-hybridized carbons (Fsp3) is 0.200. The second kappa shape index (κ2) is 9.74. The van der Waals surface area contributed by atoms with Crippen LogP contribution in [0, 0.1) is 0 Å². The Labute approximate surface area is 171 Å². The summed E-state index contributed by atoms with van der Waals surface area (Å²) in [7, 11) is 1.62. The van der Waals surface area contributed by atoms with Crippen molar-refractivity contribution >= 4 is 35.0 Å². The van der Waals surface area contributed by atoms with Crippen LogP contribution in [-0.2, 0) is 16.2 Å². The molecule has 0 aliphatic carbocycles. The number of carboxylic acids is 1. The second-order valence-electron chi connectivity index (χ2n) is 6.06. The Bertz CT molecular complexity index is 961. The van der Waals surface area contributed by atoms with Crippen molar-refractivity contribution in [1.82, 2.24) is 5.32 Å². The minimum atomic E-state index is -1.03. The number of carboxylic acid groups (broad SMARTS) is 1. The molecule has 1 fully saturated rings. The first-order chi connectivity index (χ1) is 14.0. The van der Waals surface area contributed by atoms with Gasteiger partial charge >= 0.3 is 5.97 Å². The summed E-state index contributed by atoms with van der Waals surface area (Å²) in [5.74, 6) is 0.0375. The molecule has 2 N–H and O–H groups in total. The van der Waals surface area contributed by atoms with E-state index in [4.69, 9.17) is 14.6 Å².